The van der Waals surface area contributed by atoms with E-state index >= 15 is 0 Å². The fraction of sp³-hybridized carbons (Fsp3) is 0.300. The molecule has 2 N–H and O–H groups in total. The first kappa shape index (κ1) is 25.4. The quantitative estimate of drug-likeness (QED) is 0.512. The summed E-state index contributed by atoms with van der Waals surface area (Å²) in [6.45, 7) is 4.66. The molecule has 0 aliphatic heterocycles. The summed E-state index contributed by atoms with van der Waals surface area (Å²) in [6.07, 6.45) is -1.20. The summed E-state index contributed by atoms with van der Waals surface area (Å²) in [6, 6.07) is 8.74. The lowest BCUT2D eigenvalue weighted by molar-refractivity contribution is -0.155. The topological polar surface area (TPSA) is 102 Å². The number of amides is 1. The molecule has 0 aliphatic rings. The standard InChI is InChI=1S/C20H21Cl3N2O5S/c1-11(2)18(25-31(28,29)17-6-4-13(21)5-7-17)20(27)30-12(3)19(26)24-16-9-14(22)8-15(23)10-16/h4-12,18,25H,1-3H3,(H,24,26)/t12-,18-/m1/s1. The van der Waals surface area contributed by atoms with Crippen LogP contribution in [-0.4, -0.2) is 32.4 Å². The van der Waals surface area contributed by atoms with Gasteiger partial charge in [-0.1, -0.05) is 48.7 Å². The molecule has 0 aliphatic carbocycles. The Kier molecular flexibility index (Phi) is 8.73. The number of rotatable bonds is 8. The van der Waals surface area contributed by atoms with Crippen LogP contribution in [0.4, 0.5) is 5.69 Å². The number of carbonyl (C=O) groups is 2. The molecule has 2 aromatic rings. The lowest BCUT2D eigenvalue weighted by Crippen LogP contribution is -2.47. The molecule has 0 spiro atoms. The van der Waals surface area contributed by atoms with Crippen molar-refractivity contribution in [2.45, 2.75) is 37.8 Å². The lowest BCUT2D eigenvalue weighted by Gasteiger charge is -2.23. The molecule has 11 heteroatoms. The molecular weight excluding hydrogens is 487 g/mol. The number of carbonyl (C=O) groups excluding carboxylic acids is 2. The highest BCUT2D eigenvalue weighted by atomic mass is 35.5. The minimum absolute atomic E-state index is 0.0565. The lowest BCUT2D eigenvalue weighted by atomic mass is 10.1. The molecular formula is C20H21Cl3N2O5S. The van der Waals surface area contributed by atoms with Crippen molar-refractivity contribution in [3.63, 3.8) is 0 Å². The zero-order chi connectivity index (χ0) is 23.3. The molecule has 7 nitrogen and oxygen atoms in total. The van der Waals surface area contributed by atoms with Crippen molar-refractivity contribution in [3.05, 3.63) is 57.5 Å². The Labute approximate surface area is 196 Å². The summed E-state index contributed by atoms with van der Waals surface area (Å²) >= 11 is 17.6. The number of hydrogen-bond donors (Lipinski definition) is 2. The van der Waals surface area contributed by atoms with Gasteiger partial charge in [0, 0.05) is 20.8 Å². The van der Waals surface area contributed by atoms with Crippen molar-refractivity contribution in [2.75, 3.05) is 5.32 Å². The Morgan fingerprint density at radius 1 is 0.903 bits per heavy atom. The first-order valence-electron chi connectivity index (χ1n) is 9.14. The molecule has 31 heavy (non-hydrogen) atoms. The summed E-state index contributed by atoms with van der Waals surface area (Å²) in [5.41, 5.74) is 0.328. The number of esters is 1. The largest absolute Gasteiger partial charge is 0.451 e. The second-order valence-corrected chi connectivity index (χ2v) is 10.0. The van der Waals surface area contributed by atoms with Gasteiger partial charge in [0.2, 0.25) is 10.0 Å². The van der Waals surface area contributed by atoms with E-state index < -0.39 is 40.0 Å². The van der Waals surface area contributed by atoms with E-state index in [1.165, 1.54) is 49.4 Å². The van der Waals surface area contributed by atoms with Gasteiger partial charge in [-0.2, -0.15) is 4.72 Å². The van der Waals surface area contributed by atoms with Crippen LogP contribution in [0.3, 0.4) is 0 Å². The first-order chi connectivity index (χ1) is 14.4. The third kappa shape index (κ3) is 7.36. The van der Waals surface area contributed by atoms with Crippen molar-refractivity contribution in [2.24, 2.45) is 5.92 Å². The monoisotopic (exact) mass is 506 g/mol. The highest BCUT2D eigenvalue weighted by Gasteiger charge is 2.32. The molecule has 2 rings (SSSR count). The molecule has 0 fully saturated rings. The molecule has 0 bridgehead atoms. The van der Waals surface area contributed by atoms with Crippen LogP contribution in [0.1, 0.15) is 20.8 Å². The first-order valence-corrected chi connectivity index (χ1v) is 11.8. The Bertz CT molecular complexity index is 1040. The van der Waals surface area contributed by atoms with Gasteiger partial charge >= 0.3 is 5.97 Å². The SMILES string of the molecule is CC(C)[C@@H](NS(=O)(=O)c1ccc(Cl)cc1)C(=O)O[C@H](C)C(=O)Nc1cc(Cl)cc(Cl)c1. The molecule has 0 saturated carbocycles. The molecule has 0 aromatic heterocycles. The van der Waals surface area contributed by atoms with Crippen LogP contribution in [0.5, 0.6) is 0 Å². The Hall–Kier alpha value is -1.84. The highest BCUT2D eigenvalue weighted by Crippen LogP contribution is 2.23. The van der Waals surface area contributed by atoms with Crippen molar-refractivity contribution in [1.82, 2.24) is 4.72 Å². The van der Waals surface area contributed by atoms with Gasteiger partial charge in [-0.15, -0.1) is 0 Å². The third-order valence-electron chi connectivity index (χ3n) is 4.12. The summed E-state index contributed by atoms with van der Waals surface area (Å²) in [5, 5.41) is 3.56. The zero-order valence-electron chi connectivity index (χ0n) is 16.9. The smallest absolute Gasteiger partial charge is 0.325 e. The molecule has 2 atom stereocenters. The van der Waals surface area contributed by atoms with E-state index in [1.807, 2.05) is 0 Å². The minimum Gasteiger partial charge on any atom is -0.451 e. The van der Waals surface area contributed by atoms with Crippen molar-refractivity contribution in [3.8, 4) is 0 Å². The van der Waals surface area contributed by atoms with E-state index in [1.54, 1.807) is 13.8 Å². The van der Waals surface area contributed by atoms with Gasteiger partial charge in [0.05, 0.1) is 4.90 Å². The number of ether oxygens (including phenoxy) is 1. The van der Waals surface area contributed by atoms with Gasteiger partial charge in [0.15, 0.2) is 6.10 Å². The van der Waals surface area contributed by atoms with Crippen molar-refractivity contribution in [1.29, 1.82) is 0 Å². The van der Waals surface area contributed by atoms with Crippen LogP contribution in [0.2, 0.25) is 15.1 Å². The molecule has 1 amide bonds. The Morgan fingerprint density at radius 2 is 1.45 bits per heavy atom. The van der Waals surface area contributed by atoms with Crippen molar-refractivity contribution < 1.29 is 22.7 Å². The number of halogens is 3. The van der Waals surface area contributed by atoms with Gasteiger partial charge in [-0.3, -0.25) is 9.59 Å². The van der Waals surface area contributed by atoms with Gasteiger partial charge in [0.25, 0.3) is 5.91 Å². The predicted molar refractivity (Wildman–Crippen MR) is 121 cm³/mol. The van der Waals surface area contributed by atoms with Gasteiger partial charge in [-0.25, -0.2) is 8.42 Å². The molecule has 168 valence electrons. The maximum atomic E-state index is 12.6. The average molecular weight is 508 g/mol. The van der Waals surface area contributed by atoms with E-state index in [4.69, 9.17) is 39.5 Å². The maximum absolute atomic E-state index is 12.6. The summed E-state index contributed by atoms with van der Waals surface area (Å²) < 4.78 is 32.8. The van der Waals surface area contributed by atoms with Crippen LogP contribution in [0.15, 0.2) is 47.4 Å². The van der Waals surface area contributed by atoms with Crippen LogP contribution < -0.4 is 10.0 Å². The summed E-state index contributed by atoms with van der Waals surface area (Å²) in [4.78, 5) is 25.0. The Morgan fingerprint density at radius 3 is 1.97 bits per heavy atom. The predicted octanol–water partition coefficient (Wildman–Crippen LogP) is 4.52. The fourth-order valence-corrected chi connectivity index (χ4v) is 4.46. The average Bonchev–Trinajstić information content (AvgIpc) is 2.65. The fourth-order valence-electron chi connectivity index (χ4n) is 2.48. The second-order valence-electron chi connectivity index (χ2n) is 7.02. The normalized spacial score (nSPS) is 13.5. The molecule has 0 radical (unpaired) electrons. The van der Waals surface area contributed by atoms with Gasteiger partial charge in [0.1, 0.15) is 6.04 Å². The minimum atomic E-state index is -4.02. The third-order valence-corrected chi connectivity index (χ3v) is 6.26. The van der Waals surface area contributed by atoms with Crippen LogP contribution >= 0.6 is 34.8 Å². The van der Waals surface area contributed by atoms with Gasteiger partial charge in [-0.05, 0) is 55.3 Å². The number of sulfonamides is 1. The highest BCUT2D eigenvalue weighted by molar-refractivity contribution is 7.89. The van der Waals surface area contributed by atoms with E-state index in [2.05, 4.69) is 10.0 Å². The van der Waals surface area contributed by atoms with Crippen molar-refractivity contribution >= 4 is 62.4 Å². The van der Waals surface area contributed by atoms with Gasteiger partial charge < -0.3 is 10.1 Å². The molecule has 0 heterocycles. The van der Waals surface area contributed by atoms with E-state index in [9.17, 15) is 18.0 Å². The Balaban J connectivity index is 2.08. The summed E-state index contributed by atoms with van der Waals surface area (Å²) in [7, 11) is -4.02. The number of hydrogen-bond acceptors (Lipinski definition) is 5. The zero-order valence-corrected chi connectivity index (χ0v) is 19.9. The number of nitrogens with one attached hydrogen (secondary N) is 2. The van der Waals surface area contributed by atoms with Crippen LogP contribution in [-0.2, 0) is 24.3 Å². The van der Waals surface area contributed by atoms with E-state index in [0.717, 1.165) is 0 Å². The second kappa shape index (κ2) is 10.7. The molecule has 2 aromatic carbocycles. The van der Waals surface area contributed by atoms with Crippen LogP contribution in [0.25, 0.3) is 0 Å². The molecule has 0 unspecified atom stereocenters. The van der Waals surface area contributed by atoms with Crippen LogP contribution in [0, 0.1) is 5.92 Å². The summed E-state index contributed by atoms with van der Waals surface area (Å²) in [5.74, 6) is -1.97. The number of anilines is 1. The van der Waals surface area contributed by atoms with E-state index in [-0.39, 0.29) is 4.90 Å². The van der Waals surface area contributed by atoms with E-state index in [0.29, 0.717) is 20.8 Å². The number of benzene rings is 2. The maximum Gasteiger partial charge on any atom is 0.325 e. The molecule has 0 saturated heterocycles.